The van der Waals surface area contributed by atoms with Gasteiger partial charge >= 0.3 is 5.97 Å². The predicted molar refractivity (Wildman–Crippen MR) is 134 cm³/mol. The lowest BCUT2D eigenvalue weighted by Gasteiger charge is -2.68. The largest absolute Gasteiger partial charge is 0.469 e. The van der Waals surface area contributed by atoms with Gasteiger partial charge in [0.05, 0.1) is 25.2 Å². The van der Waals surface area contributed by atoms with Gasteiger partial charge in [-0.3, -0.25) is 4.79 Å². The fourth-order valence-corrected chi connectivity index (χ4v) is 10.5. The molecule has 0 heterocycles. The number of aliphatic hydroxyl groups is 2. The summed E-state index contributed by atoms with van der Waals surface area (Å²) in [7, 11) is 1.57. The molecule has 9 atom stereocenters. The highest BCUT2D eigenvalue weighted by atomic mass is 16.5. The van der Waals surface area contributed by atoms with E-state index in [-0.39, 0.29) is 34.2 Å². The average molecular weight is 473 g/mol. The Kier molecular flexibility index (Phi) is 5.70. The van der Waals surface area contributed by atoms with Gasteiger partial charge in [0.15, 0.2) is 0 Å². The zero-order valence-electron chi connectivity index (χ0n) is 22.5. The molecule has 4 nitrogen and oxygen atoms in total. The van der Waals surface area contributed by atoms with Crippen LogP contribution < -0.4 is 0 Å². The summed E-state index contributed by atoms with van der Waals surface area (Å²) in [6.45, 7) is 12.0. The number of allylic oxidation sites excluding steroid dienone is 2. The Hall–Kier alpha value is -0.870. The number of methoxy groups -OCH3 is 1. The molecule has 5 aliphatic rings. The van der Waals surface area contributed by atoms with Crippen LogP contribution in [0.2, 0.25) is 0 Å². The van der Waals surface area contributed by atoms with Gasteiger partial charge in [-0.2, -0.15) is 0 Å². The van der Waals surface area contributed by atoms with E-state index >= 15 is 0 Å². The second kappa shape index (κ2) is 7.81. The first-order chi connectivity index (χ1) is 15.9. The summed E-state index contributed by atoms with van der Waals surface area (Å²) < 4.78 is 5.45. The van der Waals surface area contributed by atoms with Gasteiger partial charge in [0.1, 0.15) is 0 Å². The number of esters is 1. The van der Waals surface area contributed by atoms with Crippen LogP contribution in [0, 0.1) is 50.7 Å². The first kappa shape index (κ1) is 24.8. The van der Waals surface area contributed by atoms with Gasteiger partial charge in [0, 0.05) is 5.41 Å². The summed E-state index contributed by atoms with van der Waals surface area (Å²) in [5.41, 5.74) is 1.45. The normalized spacial score (nSPS) is 51.8. The van der Waals surface area contributed by atoms with Crippen LogP contribution in [-0.2, 0) is 9.53 Å². The number of ether oxygens (including phenoxy) is 1. The number of carbonyl (C=O) groups is 1. The molecule has 5 rings (SSSR count). The average Bonchev–Trinajstić information content (AvgIpc) is 2.80. The van der Waals surface area contributed by atoms with Crippen molar-refractivity contribution in [2.24, 2.45) is 50.7 Å². The fourth-order valence-electron chi connectivity index (χ4n) is 10.5. The van der Waals surface area contributed by atoms with Gasteiger partial charge in [-0.1, -0.05) is 46.3 Å². The van der Waals surface area contributed by atoms with Gasteiger partial charge in [0.2, 0.25) is 0 Å². The van der Waals surface area contributed by atoms with E-state index in [1.165, 1.54) is 0 Å². The van der Waals surface area contributed by atoms with E-state index < -0.39 is 11.5 Å². The number of hydrogen-bond donors (Lipinski definition) is 2. The molecule has 0 bridgehead atoms. The van der Waals surface area contributed by atoms with Crippen LogP contribution in [0.1, 0.15) is 98.8 Å². The molecule has 0 aliphatic heterocycles. The Balaban J connectivity index is 1.55. The van der Waals surface area contributed by atoms with Crippen molar-refractivity contribution >= 4 is 5.97 Å². The van der Waals surface area contributed by atoms with Crippen LogP contribution >= 0.6 is 0 Å². The molecule has 1 unspecified atom stereocenters. The topological polar surface area (TPSA) is 66.8 Å². The molecule has 4 heteroatoms. The molecule has 4 fully saturated rings. The first-order valence-corrected chi connectivity index (χ1v) is 14.0. The second-order valence-electron chi connectivity index (χ2n) is 14.5. The van der Waals surface area contributed by atoms with Crippen molar-refractivity contribution in [2.45, 2.75) is 105 Å². The lowest BCUT2D eigenvalue weighted by Crippen LogP contribution is -2.63. The van der Waals surface area contributed by atoms with Crippen molar-refractivity contribution in [3.8, 4) is 0 Å². The van der Waals surface area contributed by atoms with Crippen LogP contribution in [0.15, 0.2) is 11.6 Å². The Morgan fingerprint density at radius 3 is 2.32 bits per heavy atom. The number of aliphatic hydroxyl groups excluding tert-OH is 2. The Bertz CT molecular complexity index is 877. The summed E-state index contributed by atoms with van der Waals surface area (Å²) in [5.74, 6) is 1.78. The minimum atomic E-state index is -0.408. The SMILES string of the molecule is COC(=O)[C@@]12CC[C@@H]3C(=CCC4[C@@]3(C)CC[C@H]3[C@](C)(CO)[C@@H](O)CC[C@]43C)[C@@H]1CC(C)(C)CC2. The molecule has 2 N–H and O–H groups in total. The molecule has 34 heavy (non-hydrogen) atoms. The standard InChI is InChI=1S/C30H48O4/c1-26(2)15-16-30(25(33)34-6)14-9-20-19(21(30)17-26)7-8-22-27(20,3)12-10-23-28(22,4)13-11-24(32)29(23,5)18-31/h7,20-24,31-32H,8-18H2,1-6H3/t20-,21+,22?,23-,24+,27+,28-,29+,30-/m1/s1. The molecule has 0 amide bonds. The number of rotatable bonds is 2. The molecule has 0 aromatic carbocycles. The summed E-state index contributed by atoms with van der Waals surface area (Å²) in [6.07, 6.45) is 12.5. The monoisotopic (exact) mass is 472 g/mol. The number of carbonyl (C=O) groups excluding carboxylic acids is 1. The maximum atomic E-state index is 13.2. The summed E-state index contributed by atoms with van der Waals surface area (Å²) >= 11 is 0. The van der Waals surface area contributed by atoms with Crippen molar-refractivity contribution < 1.29 is 19.7 Å². The van der Waals surface area contributed by atoms with Gasteiger partial charge in [-0.25, -0.2) is 0 Å². The van der Waals surface area contributed by atoms with Crippen LogP contribution in [-0.4, -0.2) is 36.0 Å². The lowest BCUT2D eigenvalue weighted by atomic mass is 9.37. The fraction of sp³-hybridized carbons (Fsp3) is 0.900. The van der Waals surface area contributed by atoms with Crippen LogP contribution in [0.4, 0.5) is 0 Å². The van der Waals surface area contributed by atoms with Crippen molar-refractivity contribution in [3.63, 3.8) is 0 Å². The summed E-state index contributed by atoms with van der Waals surface area (Å²) in [4.78, 5) is 13.2. The van der Waals surface area contributed by atoms with Crippen LogP contribution in [0.25, 0.3) is 0 Å². The maximum absolute atomic E-state index is 13.2. The third-order valence-electron chi connectivity index (χ3n) is 12.5. The number of fused-ring (bicyclic) bond motifs is 7. The molecule has 0 aromatic heterocycles. The van der Waals surface area contributed by atoms with E-state index in [0.29, 0.717) is 23.7 Å². The molecule has 192 valence electrons. The van der Waals surface area contributed by atoms with Gasteiger partial charge in [0.25, 0.3) is 0 Å². The van der Waals surface area contributed by atoms with E-state index in [9.17, 15) is 15.0 Å². The highest BCUT2D eigenvalue weighted by molar-refractivity contribution is 5.78. The maximum Gasteiger partial charge on any atom is 0.312 e. The van der Waals surface area contributed by atoms with Crippen LogP contribution in [0.3, 0.4) is 0 Å². The summed E-state index contributed by atoms with van der Waals surface area (Å²) in [5, 5.41) is 21.3. The van der Waals surface area contributed by atoms with Crippen molar-refractivity contribution in [2.75, 3.05) is 13.7 Å². The molecular formula is C30H48O4. The van der Waals surface area contributed by atoms with E-state index in [2.05, 4.69) is 40.7 Å². The molecule has 5 aliphatic carbocycles. The Labute approximate surface area is 206 Å². The summed E-state index contributed by atoms with van der Waals surface area (Å²) in [6, 6.07) is 0. The third kappa shape index (κ3) is 3.12. The smallest absolute Gasteiger partial charge is 0.312 e. The highest BCUT2D eigenvalue weighted by Gasteiger charge is 2.66. The minimum Gasteiger partial charge on any atom is -0.469 e. The molecule has 0 aromatic rings. The van der Waals surface area contributed by atoms with E-state index in [1.807, 2.05) is 0 Å². The van der Waals surface area contributed by atoms with Crippen molar-refractivity contribution in [3.05, 3.63) is 11.6 Å². The minimum absolute atomic E-state index is 0.0234. The molecule has 0 saturated heterocycles. The Morgan fingerprint density at radius 2 is 1.65 bits per heavy atom. The first-order valence-electron chi connectivity index (χ1n) is 14.0. The number of hydrogen-bond acceptors (Lipinski definition) is 4. The van der Waals surface area contributed by atoms with Gasteiger partial charge in [-0.15, -0.1) is 0 Å². The van der Waals surface area contributed by atoms with Gasteiger partial charge < -0.3 is 14.9 Å². The molecule has 0 spiro atoms. The predicted octanol–water partition coefficient (Wildman–Crippen LogP) is 5.90. The van der Waals surface area contributed by atoms with E-state index in [4.69, 9.17) is 4.74 Å². The van der Waals surface area contributed by atoms with Crippen molar-refractivity contribution in [1.29, 1.82) is 0 Å². The molecule has 4 saturated carbocycles. The quantitative estimate of drug-likeness (QED) is 0.388. The molecule has 0 radical (unpaired) electrons. The zero-order valence-corrected chi connectivity index (χ0v) is 22.5. The van der Waals surface area contributed by atoms with E-state index in [0.717, 1.165) is 64.2 Å². The molecular weight excluding hydrogens is 424 g/mol. The van der Waals surface area contributed by atoms with Crippen LogP contribution in [0.5, 0.6) is 0 Å². The third-order valence-corrected chi connectivity index (χ3v) is 12.5. The lowest BCUT2D eigenvalue weighted by molar-refractivity contribution is -0.202. The zero-order chi connectivity index (χ0) is 24.7. The second-order valence-corrected chi connectivity index (χ2v) is 14.5. The van der Waals surface area contributed by atoms with Crippen molar-refractivity contribution in [1.82, 2.24) is 0 Å². The highest BCUT2D eigenvalue weighted by Crippen LogP contribution is 2.72. The van der Waals surface area contributed by atoms with Gasteiger partial charge in [-0.05, 0) is 104 Å². The van der Waals surface area contributed by atoms with E-state index in [1.54, 1.807) is 12.7 Å². The Morgan fingerprint density at radius 1 is 0.941 bits per heavy atom.